The number of aromatic nitrogens is 2. The molecule has 0 aliphatic rings. The van der Waals surface area contributed by atoms with E-state index in [1.54, 1.807) is 23.5 Å². The molecule has 6 nitrogen and oxygen atoms in total. The van der Waals surface area contributed by atoms with E-state index >= 15 is 0 Å². The van der Waals surface area contributed by atoms with Crippen LogP contribution in [0.25, 0.3) is 21.6 Å². The second kappa shape index (κ2) is 7.67. The molecule has 3 N–H and O–H groups in total. The van der Waals surface area contributed by atoms with E-state index in [4.69, 9.17) is 10.1 Å². The number of nitrogens with two attached hydrogens (primary N) is 1. The van der Waals surface area contributed by atoms with Crippen molar-refractivity contribution < 1.29 is 8.42 Å². The Morgan fingerprint density at radius 3 is 2.46 bits per heavy atom. The van der Waals surface area contributed by atoms with Crippen LogP contribution in [-0.4, -0.2) is 24.9 Å². The molecule has 0 atom stereocenters. The van der Waals surface area contributed by atoms with Gasteiger partial charge in [-0.25, -0.2) is 23.5 Å². The third-order valence-electron chi connectivity index (χ3n) is 4.30. The van der Waals surface area contributed by atoms with E-state index in [1.807, 2.05) is 41.8 Å². The highest BCUT2D eigenvalue weighted by molar-refractivity contribution is 7.89. The number of nitrogens with zero attached hydrogens (tertiary/aromatic N) is 2. The van der Waals surface area contributed by atoms with Crippen molar-refractivity contribution in [2.24, 2.45) is 5.14 Å². The zero-order valence-corrected chi connectivity index (χ0v) is 16.5. The first kappa shape index (κ1) is 18.5. The Hall–Kier alpha value is -2.81. The normalized spacial score (nSPS) is 11.6. The Labute approximate surface area is 167 Å². The minimum Gasteiger partial charge on any atom is -0.369 e. The quantitative estimate of drug-likeness (QED) is 0.505. The van der Waals surface area contributed by atoms with Crippen molar-refractivity contribution in [2.75, 3.05) is 11.9 Å². The van der Waals surface area contributed by atoms with Crippen molar-refractivity contribution in [2.45, 2.75) is 11.3 Å². The molecule has 2 aromatic carbocycles. The van der Waals surface area contributed by atoms with E-state index in [0.717, 1.165) is 33.6 Å². The fourth-order valence-electron chi connectivity index (χ4n) is 2.90. The molecule has 2 heterocycles. The second-order valence-corrected chi connectivity index (χ2v) is 8.77. The predicted octanol–water partition coefficient (Wildman–Crippen LogP) is 3.66. The monoisotopic (exact) mass is 410 g/mol. The number of nitrogens with one attached hydrogen (secondary N) is 1. The van der Waals surface area contributed by atoms with Crippen LogP contribution >= 0.6 is 11.3 Å². The number of rotatable bonds is 6. The van der Waals surface area contributed by atoms with Crippen LogP contribution in [0.2, 0.25) is 0 Å². The summed E-state index contributed by atoms with van der Waals surface area (Å²) >= 11 is 1.61. The van der Waals surface area contributed by atoms with Crippen LogP contribution in [-0.2, 0) is 16.4 Å². The van der Waals surface area contributed by atoms with Gasteiger partial charge in [0.2, 0.25) is 10.0 Å². The molecule has 0 aliphatic carbocycles. The average Bonchev–Trinajstić information content (AvgIpc) is 3.22. The highest BCUT2D eigenvalue weighted by Crippen LogP contribution is 2.27. The number of benzene rings is 2. The molecule has 4 rings (SSSR count). The largest absolute Gasteiger partial charge is 0.369 e. The van der Waals surface area contributed by atoms with Gasteiger partial charge in [0.25, 0.3) is 0 Å². The third-order valence-corrected chi connectivity index (χ3v) is 6.10. The van der Waals surface area contributed by atoms with Crippen LogP contribution in [0.1, 0.15) is 5.56 Å². The van der Waals surface area contributed by atoms with Crippen molar-refractivity contribution in [1.82, 2.24) is 9.97 Å². The molecule has 0 saturated carbocycles. The maximum atomic E-state index is 11.3. The molecule has 0 unspecified atom stereocenters. The first-order chi connectivity index (χ1) is 13.5. The standard InChI is InChI=1S/C20H18N4O2S2/c21-28(25,26)15-9-7-14(8-10-15)11-12-22-19-16-4-1-2-5-17(16)23-20(24-19)18-6-3-13-27-18/h1-10,13H,11-12H2,(H2,21,25,26)(H,22,23,24). The fraction of sp³-hybridized carbons (Fsp3) is 0.100. The van der Waals surface area contributed by atoms with E-state index in [2.05, 4.69) is 10.3 Å². The Morgan fingerprint density at radius 2 is 1.75 bits per heavy atom. The van der Waals surface area contributed by atoms with Gasteiger partial charge in [-0.15, -0.1) is 11.3 Å². The van der Waals surface area contributed by atoms with E-state index in [9.17, 15) is 8.42 Å². The number of para-hydroxylation sites is 1. The van der Waals surface area contributed by atoms with E-state index in [-0.39, 0.29) is 4.90 Å². The summed E-state index contributed by atoms with van der Waals surface area (Å²) in [6.45, 7) is 0.652. The summed E-state index contributed by atoms with van der Waals surface area (Å²) in [4.78, 5) is 10.5. The van der Waals surface area contributed by atoms with Crippen LogP contribution in [0, 0.1) is 0 Å². The first-order valence-corrected chi connectivity index (χ1v) is 11.1. The molecule has 8 heteroatoms. The van der Waals surface area contributed by atoms with Crippen LogP contribution < -0.4 is 10.5 Å². The number of sulfonamides is 1. The number of primary sulfonamides is 1. The number of hydrogen-bond donors (Lipinski definition) is 2. The third kappa shape index (κ3) is 4.04. The molecule has 0 saturated heterocycles. The molecule has 0 bridgehead atoms. The van der Waals surface area contributed by atoms with E-state index in [1.165, 1.54) is 12.1 Å². The molecule has 4 aromatic rings. The summed E-state index contributed by atoms with van der Waals surface area (Å²) in [7, 11) is -3.67. The molecular formula is C20H18N4O2S2. The van der Waals surface area contributed by atoms with Gasteiger partial charge in [-0.05, 0) is 47.7 Å². The fourth-order valence-corrected chi connectivity index (χ4v) is 4.07. The number of thiophene rings is 1. The Morgan fingerprint density at radius 1 is 0.964 bits per heavy atom. The minimum absolute atomic E-state index is 0.117. The molecule has 0 spiro atoms. The maximum absolute atomic E-state index is 11.3. The van der Waals surface area contributed by atoms with Crippen LogP contribution in [0.15, 0.2) is 70.9 Å². The average molecular weight is 411 g/mol. The lowest BCUT2D eigenvalue weighted by atomic mass is 10.1. The van der Waals surface area contributed by atoms with E-state index in [0.29, 0.717) is 12.4 Å². The topological polar surface area (TPSA) is 98.0 Å². The minimum atomic E-state index is -3.67. The molecule has 0 fully saturated rings. The van der Waals surface area contributed by atoms with E-state index < -0.39 is 10.0 Å². The summed E-state index contributed by atoms with van der Waals surface area (Å²) in [5.41, 5.74) is 1.90. The number of anilines is 1. The lowest BCUT2D eigenvalue weighted by Crippen LogP contribution is -2.12. The SMILES string of the molecule is NS(=O)(=O)c1ccc(CCNc2nc(-c3cccs3)nc3ccccc23)cc1. The van der Waals surface area contributed by atoms with Gasteiger partial charge in [-0.3, -0.25) is 0 Å². The molecule has 0 aliphatic heterocycles. The van der Waals surface area contributed by atoms with Gasteiger partial charge in [0, 0.05) is 11.9 Å². The maximum Gasteiger partial charge on any atom is 0.238 e. The molecule has 142 valence electrons. The zero-order chi connectivity index (χ0) is 19.6. The van der Waals surface area contributed by atoms with Crippen LogP contribution in [0.5, 0.6) is 0 Å². The zero-order valence-electron chi connectivity index (χ0n) is 14.9. The summed E-state index contributed by atoms with van der Waals surface area (Å²) in [5, 5.41) is 11.5. The van der Waals surface area contributed by atoms with Gasteiger partial charge >= 0.3 is 0 Å². The Balaban J connectivity index is 1.54. The van der Waals surface area contributed by atoms with Gasteiger partial charge in [0.1, 0.15) is 5.82 Å². The Bertz CT molecular complexity index is 1200. The highest BCUT2D eigenvalue weighted by Gasteiger charge is 2.10. The van der Waals surface area contributed by atoms with Gasteiger partial charge in [0.15, 0.2) is 5.82 Å². The van der Waals surface area contributed by atoms with Gasteiger partial charge < -0.3 is 5.32 Å². The van der Waals surface area contributed by atoms with Gasteiger partial charge in [-0.1, -0.05) is 30.3 Å². The first-order valence-electron chi connectivity index (χ1n) is 8.67. The molecule has 0 amide bonds. The summed E-state index contributed by atoms with van der Waals surface area (Å²) in [5.74, 6) is 1.49. The number of fused-ring (bicyclic) bond motifs is 1. The summed E-state index contributed by atoms with van der Waals surface area (Å²) in [6, 6.07) is 18.5. The van der Waals surface area contributed by atoms with Crippen LogP contribution in [0.3, 0.4) is 0 Å². The van der Waals surface area contributed by atoms with Crippen molar-refractivity contribution in [3.63, 3.8) is 0 Å². The molecule has 0 radical (unpaired) electrons. The van der Waals surface area contributed by atoms with Gasteiger partial charge in [0.05, 0.1) is 15.3 Å². The van der Waals surface area contributed by atoms with Crippen LogP contribution in [0.4, 0.5) is 5.82 Å². The van der Waals surface area contributed by atoms with Crippen molar-refractivity contribution >= 4 is 38.1 Å². The lowest BCUT2D eigenvalue weighted by molar-refractivity contribution is 0.598. The lowest BCUT2D eigenvalue weighted by Gasteiger charge is -2.10. The molecular weight excluding hydrogens is 392 g/mol. The van der Waals surface area contributed by atoms with Crippen molar-refractivity contribution in [1.29, 1.82) is 0 Å². The van der Waals surface area contributed by atoms with Crippen molar-refractivity contribution in [3.05, 3.63) is 71.6 Å². The summed E-state index contributed by atoms with van der Waals surface area (Å²) in [6.07, 6.45) is 0.720. The molecule has 2 aromatic heterocycles. The summed E-state index contributed by atoms with van der Waals surface area (Å²) < 4.78 is 22.7. The smallest absolute Gasteiger partial charge is 0.238 e. The highest BCUT2D eigenvalue weighted by atomic mass is 32.2. The Kier molecular flexibility index (Phi) is 5.08. The van der Waals surface area contributed by atoms with Crippen molar-refractivity contribution in [3.8, 4) is 10.7 Å². The second-order valence-electron chi connectivity index (χ2n) is 6.26. The van der Waals surface area contributed by atoms with Gasteiger partial charge in [-0.2, -0.15) is 0 Å². The molecule has 28 heavy (non-hydrogen) atoms. The predicted molar refractivity (Wildman–Crippen MR) is 113 cm³/mol. The number of hydrogen-bond acceptors (Lipinski definition) is 6.